The smallest absolute Gasteiger partial charge is 0.320 e. The molecule has 2 aliphatic heterocycles. The number of carboxylic acid groups (broad SMARTS) is 1. The third-order valence-electron chi connectivity index (χ3n) is 7.96. The standard InChI is InChI=1S/C26H35F2N7O3/c1-4-19-21(35-12-17(10-23(36)37)11-26(27,28)15-35)8-7-20(29-19)24-22(33(3)31-30-24)14-34-13-18(9-16-5-6-16)32(2)25(34)38/h7-8,16-18H,4-6,9-15H2,1-3H3,(H,36,37)/t17-,18-/m0/s1. The molecule has 12 heteroatoms. The van der Waals surface area contributed by atoms with Crippen LogP contribution in [0.25, 0.3) is 11.4 Å². The number of nitrogens with zero attached hydrogens (tertiary/aromatic N) is 7. The average Bonchev–Trinajstić information content (AvgIpc) is 3.55. The summed E-state index contributed by atoms with van der Waals surface area (Å²) in [7, 11) is 3.64. The molecule has 38 heavy (non-hydrogen) atoms. The molecule has 5 rings (SSSR count). The predicted octanol–water partition coefficient (Wildman–Crippen LogP) is 3.41. The number of rotatable bonds is 9. The first-order valence-electron chi connectivity index (χ1n) is 13.3. The van der Waals surface area contributed by atoms with E-state index in [9.17, 15) is 18.4 Å². The molecule has 10 nitrogen and oxygen atoms in total. The number of aryl methyl sites for hydroxylation is 2. The molecule has 4 heterocycles. The lowest BCUT2D eigenvalue weighted by molar-refractivity contribution is -0.139. The first kappa shape index (κ1) is 26.3. The normalized spacial score (nSPS) is 23.4. The molecule has 0 unspecified atom stereocenters. The topological polar surface area (TPSA) is 108 Å². The van der Waals surface area contributed by atoms with E-state index in [4.69, 9.17) is 10.1 Å². The quantitative estimate of drug-likeness (QED) is 0.528. The van der Waals surface area contributed by atoms with Crippen LogP contribution in [0, 0.1) is 11.8 Å². The minimum absolute atomic E-state index is 0.0118. The Bertz CT molecular complexity index is 1220. The minimum Gasteiger partial charge on any atom is -0.481 e. The van der Waals surface area contributed by atoms with Gasteiger partial charge in [-0.3, -0.25) is 4.79 Å². The van der Waals surface area contributed by atoms with Crippen LogP contribution < -0.4 is 4.90 Å². The van der Waals surface area contributed by atoms with Crippen molar-refractivity contribution >= 4 is 17.7 Å². The van der Waals surface area contributed by atoms with Gasteiger partial charge in [0.2, 0.25) is 0 Å². The second-order valence-electron chi connectivity index (χ2n) is 11.0. The molecule has 2 saturated heterocycles. The van der Waals surface area contributed by atoms with E-state index in [1.54, 1.807) is 28.8 Å². The summed E-state index contributed by atoms with van der Waals surface area (Å²) >= 11 is 0. The van der Waals surface area contributed by atoms with Gasteiger partial charge < -0.3 is 19.8 Å². The monoisotopic (exact) mass is 531 g/mol. The van der Waals surface area contributed by atoms with Gasteiger partial charge in [0.1, 0.15) is 5.69 Å². The van der Waals surface area contributed by atoms with Gasteiger partial charge >= 0.3 is 12.0 Å². The average molecular weight is 532 g/mol. The van der Waals surface area contributed by atoms with Gasteiger partial charge in [-0.1, -0.05) is 25.0 Å². The van der Waals surface area contributed by atoms with E-state index in [1.807, 2.05) is 23.8 Å². The highest BCUT2D eigenvalue weighted by Gasteiger charge is 2.42. The molecule has 0 spiro atoms. The van der Waals surface area contributed by atoms with Gasteiger partial charge in [0.15, 0.2) is 0 Å². The number of carbonyl (C=O) groups is 2. The van der Waals surface area contributed by atoms with E-state index in [2.05, 4.69) is 10.3 Å². The molecule has 2 atom stereocenters. The Kier molecular flexibility index (Phi) is 6.99. The minimum atomic E-state index is -2.98. The third-order valence-corrected chi connectivity index (χ3v) is 7.96. The zero-order valence-corrected chi connectivity index (χ0v) is 22.1. The largest absolute Gasteiger partial charge is 0.481 e. The van der Waals surface area contributed by atoms with Gasteiger partial charge in [0, 0.05) is 33.6 Å². The van der Waals surface area contributed by atoms with Crippen molar-refractivity contribution in [2.75, 3.05) is 31.6 Å². The molecule has 2 amide bonds. The number of hydrogen-bond acceptors (Lipinski definition) is 6. The molecule has 3 fully saturated rings. The number of aliphatic carboxylic acids is 1. The number of hydrogen-bond donors (Lipinski definition) is 1. The molecule has 1 aliphatic carbocycles. The van der Waals surface area contributed by atoms with Crippen molar-refractivity contribution in [2.24, 2.45) is 18.9 Å². The van der Waals surface area contributed by atoms with Crippen LogP contribution in [0.5, 0.6) is 0 Å². The maximum Gasteiger partial charge on any atom is 0.320 e. The van der Waals surface area contributed by atoms with Crippen LogP contribution in [0.3, 0.4) is 0 Å². The molecule has 2 aromatic heterocycles. The molecule has 0 radical (unpaired) electrons. The molecule has 1 saturated carbocycles. The summed E-state index contributed by atoms with van der Waals surface area (Å²) in [5, 5.41) is 17.7. The highest BCUT2D eigenvalue weighted by Crippen LogP contribution is 2.38. The number of amides is 2. The van der Waals surface area contributed by atoms with Crippen LogP contribution >= 0.6 is 0 Å². The van der Waals surface area contributed by atoms with Gasteiger partial charge in [-0.25, -0.2) is 23.2 Å². The Balaban J connectivity index is 1.38. The molecular formula is C26H35F2N7O3. The molecule has 0 aromatic carbocycles. The summed E-state index contributed by atoms with van der Waals surface area (Å²) in [6, 6.07) is 3.70. The Morgan fingerprint density at radius 2 is 1.95 bits per heavy atom. The third kappa shape index (κ3) is 5.44. The van der Waals surface area contributed by atoms with Crippen LogP contribution in [-0.2, 0) is 24.8 Å². The Morgan fingerprint density at radius 3 is 2.63 bits per heavy atom. The summed E-state index contributed by atoms with van der Waals surface area (Å²) in [6.45, 7) is 2.68. The Hall–Kier alpha value is -3.31. The van der Waals surface area contributed by atoms with Crippen LogP contribution in [0.4, 0.5) is 19.3 Å². The van der Waals surface area contributed by atoms with Crippen LogP contribution in [-0.4, -0.2) is 85.5 Å². The first-order chi connectivity index (χ1) is 18.0. The maximum absolute atomic E-state index is 14.5. The number of pyridine rings is 1. The predicted molar refractivity (Wildman–Crippen MR) is 136 cm³/mol. The lowest BCUT2D eigenvalue weighted by atomic mass is 9.91. The number of halogens is 2. The van der Waals surface area contributed by atoms with E-state index in [0.717, 1.165) is 18.0 Å². The van der Waals surface area contributed by atoms with Crippen molar-refractivity contribution in [3.63, 3.8) is 0 Å². The summed E-state index contributed by atoms with van der Waals surface area (Å²) in [5.74, 6) is -3.98. The van der Waals surface area contributed by atoms with Gasteiger partial charge in [0.25, 0.3) is 5.92 Å². The number of likely N-dealkylation sites (N-methyl/N-ethyl adjacent to an activating group) is 1. The molecule has 0 bridgehead atoms. The van der Waals surface area contributed by atoms with Gasteiger partial charge in [-0.2, -0.15) is 0 Å². The van der Waals surface area contributed by atoms with E-state index in [-0.39, 0.29) is 25.0 Å². The Labute approximate surface area is 220 Å². The number of urea groups is 1. The fourth-order valence-corrected chi connectivity index (χ4v) is 5.82. The number of piperidine rings is 1. The molecule has 3 aliphatic rings. The number of anilines is 1. The van der Waals surface area contributed by atoms with Crippen molar-refractivity contribution in [3.8, 4) is 11.4 Å². The van der Waals surface area contributed by atoms with E-state index in [1.165, 1.54) is 12.8 Å². The fourth-order valence-electron chi connectivity index (χ4n) is 5.82. The molecular weight excluding hydrogens is 496 g/mol. The van der Waals surface area contributed by atoms with E-state index >= 15 is 0 Å². The van der Waals surface area contributed by atoms with Crippen molar-refractivity contribution in [1.82, 2.24) is 29.8 Å². The van der Waals surface area contributed by atoms with E-state index < -0.39 is 30.8 Å². The number of alkyl halides is 2. The SMILES string of the molecule is CCc1nc(-c2nnn(C)c2CN2C[C@H](CC3CC3)N(C)C2=O)ccc1N1C[C@@H](CC(=O)O)CC(F)(F)C1. The zero-order valence-electron chi connectivity index (χ0n) is 22.1. The van der Waals surface area contributed by atoms with Crippen molar-refractivity contribution in [1.29, 1.82) is 0 Å². The van der Waals surface area contributed by atoms with E-state index in [0.29, 0.717) is 42.3 Å². The lowest BCUT2D eigenvalue weighted by Gasteiger charge is -2.39. The summed E-state index contributed by atoms with van der Waals surface area (Å²) in [5.41, 5.74) is 3.09. The van der Waals surface area contributed by atoms with Crippen LogP contribution in [0.1, 0.15) is 50.4 Å². The summed E-state index contributed by atoms with van der Waals surface area (Å²) in [6.07, 6.45) is 3.28. The van der Waals surface area contributed by atoms with Crippen molar-refractivity contribution < 1.29 is 23.5 Å². The fraction of sp³-hybridized carbons (Fsp3) is 0.654. The number of carbonyl (C=O) groups excluding carboxylic acids is 1. The lowest BCUT2D eigenvalue weighted by Crippen LogP contribution is -2.48. The van der Waals surface area contributed by atoms with Gasteiger partial charge in [0.05, 0.1) is 48.3 Å². The van der Waals surface area contributed by atoms with Crippen molar-refractivity contribution in [3.05, 3.63) is 23.5 Å². The number of aromatic nitrogens is 4. The first-order valence-corrected chi connectivity index (χ1v) is 13.3. The zero-order chi connectivity index (χ0) is 27.2. The highest BCUT2D eigenvalue weighted by molar-refractivity contribution is 5.77. The molecule has 1 N–H and O–H groups in total. The van der Waals surface area contributed by atoms with Crippen LogP contribution in [0.2, 0.25) is 0 Å². The van der Waals surface area contributed by atoms with Gasteiger partial charge in [-0.05, 0) is 36.8 Å². The highest BCUT2D eigenvalue weighted by atomic mass is 19.3. The molecule has 2 aromatic rings. The van der Waals surface area contributed by atoms with Gasteiger partial charge in [-0.15, -0.1) is 5.10 Å². The summed E-state index contributed by atoms with van der Waals surface area (Å²) < 4.78 is 30.7. The summed E-state index contributed by atoms with van der Waals surface area (Å²) in [4.78, 5) is 34.1. The second kappa shape index (κ2) is 10.1. The number of carboxylic acids is 1. The second-order valence-corrected chi connectivity index (χ2v) is 11.0. The van der Waals surface area contributed by atoms with Crippen LogP contribution in [0.15, 0.2) is 12.1 Å². The Morgan fingerprint density at radius 1 is 1.18 bits per heavy atom. The van der Waals surface area contributed by atoms with Crippen molar-refractivity contribution in [2.45, 2.75) is 64.0 Å². The molecule has 206 valence electrons. The maximum atomic E-state index is 14.5.